The summed E-state index contributed by atoms with van der Waals surface area (Å²) in [6, 6.07) is 16.3. The van der Waals surface area contributed by atoms with E-state index < -0.39 is 0 Å². The maximum atomic E-state index is 12.7. The fourth-order valence-electron chi connectivity index (χ4n) is 4.78. The van der Waals surface area contributed by atoms with Gasteiger partial charge in [0.15, 0.2) is 0 Å². The van der Waals surface area contributed by atoms with E-state index in [-0.39, 0.29) is 17.2 Å². The SMILES string of the molecule is COc1cccc(CCNC(=O)C2CC23CCN(Cc2ccccc2OC)CC3)c1. The predicted molar refractivity (Wildman–Crippen MR) is 118 cm³/mol. The smallest absolute Gasteiger partial charge is 0.223 e. The Balaban J connectivity index is 1.22. The summed E-state index contributed by atoms with van der Waals surface area (Å²) in [5.74, 6) is 2.24. The fourth-order valence-corrected chi connectivity index (χ4v) is 4.78. The Hall–Kier alpha value is -2.53. The Bertz CT molecular complexity index is 874. The van der Waals surface area contributed by atoms with Crippen LogP contribution in [0.1, 0.15) is 30.4 Å². The quantitative estimate of drug-likeness (QED) is 0.724. The van der Waals surface area contributed by atoms with Gasteiger partial charge in [-0.1, -0.05) is 30.3 Å². The van der Waals surface area contributed by atoms with Gasteiger partial charge in [0.05, 0.1) is 14.2 Å². The monoisotopic (exact) mass is 408 g/mol. The number of nitrogens with one attached hydrogen (secondary N) is 1. The second kappa shape index (κ2) is 9.09. The largest absolute Gasteiger partial charge is 0.497 e. The first-order valence-corrected chi connectivity index (χ1v) is 10.9. The molecule has 1 saturated heterocycles. The van der Waals surface area contributed by atoms with Crippen molar-refractivity contribution in [3.8, 4) is 11.5 Å². The first-order chi connectivity index (χ1) is 14.6. The lowest BCUT2D eigenvalue weighted by molar-refractivity contribution is -0.123. The fraction of sp³-hybridized carbons (Fsp3) is 0.480. The minimum absolute atomic E-state index is 0.191. The average molecular weight is 409 g/mol. The van der Waals surface area contributed by atoms with Gasteiger partial charge in [-0.25, -0.2) is 0 Å². The van der Waals surface area contributed by atoms with Crippen molar-refractivity contribution in [3.05, 3.63) is 59.7 Å². The molecule has 2 aliphatic rings. The molecule has 2 aromatic rings. The van der Waals surface area contributed by atoms with E-state index in [2.05, 4.69) is 28.4 Å². The number of benzene rings is 2. The number of hydrogen-bond acceptors (Lipinski definition) is 4. The van der Waals surface area contributed by atoms with Gasteiger partial charge in [-0.15, -0.1) is 0 Å². The molecule has 1 aliphatic carbocycles. The summed E-state index contributed by atoms with van der Waals surface area (Å²) in [7, 11) is 3.40. The maximum absolute atomic E-state index is 12.7. The number of carbonyl (C=O) groups excluding carboxylic acids is 1. The highest BCUT2D eigenvalue weighted by molar-refractivity contribution is 5.82. The van der Waals surface area contributed by atoms with Crippen LogP contribution in [0, 0.1) is 11.3 Å². The molecule has 2 aromatic carbocycles. The van der Waals surface area contributed by atoms with Crippen molar-refractivity contribution in [3.63, 3.8) is 0 Å². The molecule has 0 aromatic heterocycles. The van der Waals surface area contributed by atoms with Gasteiger partial charge in [-0.2, -0.15) is 0 Å². The lowest BCUT2D eigenvalue weighted by Crippen LogP contribution is -2.37. The normalized spacial score (nSPS) is 20.0. The zero-order valence-corrected chi connectivity index (χ0v) is 18.0. The van der Waals surface area contributed by atoms with E-state index in [0.717, 1.165) is 56.8 Å². The Morgan fingerprint density at radius 2 is 1.90 bits per heavy atom. The Kier molecular flexibility index (Phi) is 6.28. The van der Waals surface area contributed by atoms with E-state index in [9.17, 15) is 4.79 Å². The number of piperidine rings is 1. The summed E-state index contributed by atoms with van der Waals surface area (Å²) in [4.78, 5) is 15.2. The van der Waals surface area contributed by atoms with Gasteiger partial charge in [0.25, 0.3) is 0 Å². The number of nitrogens with zero attached hydrogens (tertiary/aromatic N) is 1. The average Bonchev–Trinajstić information content (AvgIpc) is 3.49. The molecule has 1 unspecified atom stereocenters. The molecule has 1 N–H and O–H groups in total. The van der Waals surface area contributed by atoms with E-state index in [4.69, 9.17) is 9.47 Å². The predicted octanol–water partition coefficient (Wildman–Crippen LogP) is 3.66. The molecule has 5 nitrogen and oxygen atoms in total. The number of likely N-dealkylation sites (tertiary alicyclic amines) is 1. The van der Waals surface area contributed by atoms with Crippen molar-refractivity contribution in [1.29, 1.82) is 0 Å². The zero-order valence-electron chi connectivity index (χ0n) is 18.0. The summed E-state index contributed by atoms with van der Waals surface area (Å²) in [6.45, 7) is 3.69. The maximum Gasteiger partial charge on any atom is 0.223 e. The van der Waals surface area contributed by atoms with E-state index in [1.165, 1.54) is 11.1 Å². The second-order valence-electron chi connectivity index (χ2n) is 8.60. The number of rotatable bonds is 8. The number of methoxy groups -OCH3 is 2. The molecule has 1 amide bonds. The van der Waals surface area contributed by atoms with Crippen LogP contribution in [0.2, 0.25) is 0 Å². The van der Waals surface area contributed by atoms with Gasteiger partial charge >= 0.3 is 0 Å². The Morgan fingerprint density at radius 3 is 2.67 bits per heavy atom. The molecular formula is C25H32N2O3. The molecule has 1 aliphatic heterocycles. The molecule has 1 spiro atoms. The van der Waals surface area contributed by atoms with Crippen LogP contribution in [0.4, 0.5) is 0 Å². The molecule has 1 atom stereocenters. The number of hydrogen-bond donors (Lipinski definition) is 1. The Morgan fingerprint density at radius 1 is 1.10 bits per heavy atom. The highest BCUT2D eigenvalue weighted by Crippen LogP contribution is 2.59. The third kappa shape index (κ3) is 4.62. The van der Waals surface area contributed by atoms with E-state index in [1.807, 2.05) is 30.3 Å². The number of carbonyl (C=O) groups is 1. The molecule has 5 heteroatoms. The molecule has 0 bridgehead atoms. The second-order valence-corrected chi connectivity index (χ2v) is 8.60. The highest BCUT2D eigenvalue weighted by atomic mass is 16.5. The van der Waals surface area contributed by atoms with Gasteiger partial charge < -0.3 is 14.8 Å². The third-order valence-electron chi connectivity index (χ3n) is 6.79. The van der Waals surface area contributed by atoms with Crippen molar-refractivity contribution in [2.24, 2.45) is 11.3 Å². The summed E-state index contributed by atoms with van der Waals surface area (Å²) < 4.78 is 10.8. The van der Waals surface area contributed by atoms with Crippen molar-refractivity contribution >= 4 is 5.91 Å². The van der Waals surface area contributed by atoms with Crippen LogP contribution in [0.25, 0.3) is 0 Å². The summed E-state index contributed by atoms with van der Waals surface area (Å²) >= 11 is 0. The molecule has 1 heterocycles. The van der Waals surface area contributed by atoms with Gasteiger partial charge in [0, 0.05) is 24.6 Å². The topological polar surface area (TPSA) is 50.8 Å². The molecule has 4 rings (SSSR count). The molecule has 2 fully saturated rings. The van der Waals surface area contributed by atoms with Gasteiger partial charge in [0.1, 0.15) is 11.5 Å². The van der Waals surface area contributed by atoms with Crippen LogP contribution < -0.4 is 14.8 Å². The summed E-state index contributed by atoms with van der Waals surface area (Å²) in [5, 5.41) is 3.16. The van der Waals surface area contributed by atoms with Gasteiger partial charge in [0.2, 0.25) is 5.91 Å². The lowest BCUT2D eigenvalue weighted by atomic mass is 9.90. The van der Waals surface area contributed by atoms with E-state index >= 15 is 0 Å². The minimum atomic E-state index is 0.191. The number of para-hydroxylation sites is 1. The molecular weight excluding hydrogens is 376 g/mol. The van der Waals surface area contributed by atoms with Crippen molar-refractivity contribution in [2.75, 3.05) is 33.9 Å². The van der Waals surface area contributed by atoms with Crippen LogP contribution in [0.3, 0.4) is 0 Å². The van der Waals surface area contributed by atoms with Gasteiger partial charge in [-0.05, 0) is 68.0 Å². The van der Waals surface area contributed by atoms with Crippen LogP contribution in [-0.4, -0.2) is 44.7 Å². The van der Waals surface area contributed by atoms with E-state index in [0.29, 0.717) is 6.54 Å². The van der Waals surface area contributed by atoms with Crippen LogP contribution in [-0.2, 0) is 17.8 Å². The number of ether oxygens (including phenoxy) is 2. The molecule has 0 radical (unpaired) electrons. The van der Waals surface area contributed by atoms with Crippen molar-refractivity contribution in [1.82, 2.24) is 10.2 Å². The summed E-state index contributed by atoms with van der Waals surface area (Å²) in [5.41, 5.74) is 2.65. The first-order valence-electron chi connectivity index (χ1n) is 10.9. The zero-order chi connectivity index (χ0) is 21.0. The molecule has 160 valence electrons. The van der Waals surface area contributed by atoms with Crippen molar-refractivity contribution in [2.45, 2.75) is 32.2 Å². The number of amides is 1. The standard InChI is InChI=1S/C25H32N2O3/c1-29-21-8-5-6-19(16-21)10-13-26-24(28)22-17-25(22)11-14-27(15-12-25)18-20-7-3-4-9-23(20)30-2/h3-9,16,22H,10-15,17-18H2,1-2H3,(H,26,28). The van der Waals surface area contributed by atoms with Crippen molar-refractivity contribution < 1.29 is 14.3 Å². The lowest BCUT2D eigenvalue weighted by Gasteiger charge is -2.33. The third-order valence-corrected chi connectivity index (χ3v) is 6.79. The molecule has 1 saturated carbocycles. The van der Waals surface area contributed by atoms with Crippen LogP contribution in [0.5, 0.6) is 11.5 Å². The minimum Gasteiger partial charge on any atom is -0.497 e. The highest BCUT2D eigenvalue weighted by Gasteiger charge is 2.58. The Labute approximate surface area is 179 Å². The van der Waals surface area contributed by atoms with Gasteiger partial charge in [-0.3, -0.25) is 9.69 Å². The first kappa shape index (κ1) is 20.7. The molecule has 30 heavy (non-hydrogen) atoms. The van der Waals surface area contributed by atoms with Crippen LogP contribution >= 0.6 is 0 Å². The van der Waals surface area contributed by atoms with E-state index in [1.54, 1.807) is 14.2 Å². The van der Waals surface area contributed by atoms with Crippen LogP contribution in [0.15, 0.2) is 48.5 Å². The summed E-state index contributed by atoms with van der Waals surface area (Å²) in [6.07, 6.45) is 4.09.